The van der Waals surface area contributed by atoms with E-state index in [-0.39, 0.29) is 5.78 Å². The van der Waals surface area contributed by atoms with Crippen LogP contribution in [0.1, 0.15) is 33.1 Å². The van der Waals surface area contributed by atoms with Gasteiger partial charge in [-0.3, -0.25) is 9.48 Å². The molecule has 3 aromatic heterocycles. The predicted octanol–water partition coefficient (Wildman–Crippen LogP) is 5.03. The number of nitrogens with one attached hydrogen (secondary N) is 2. The van der Waals surface area contributed by atoms with Gasteiger partial charge in [-0.1, -0.05) is 60.2 Å². The zero-order chi connectivity index (χ0) is 23.5. The van der Waals surface area contributed by atoms with E-state index in [0.717, 1.165) is 28.6 Å². The molecule has 0 aliphatic heterocycles. The van der Waals surface area contributed by atoms with Crippen LogP contribution >= 0.6 is 0 Å². The summed E-state index contributed by atoms with van der Waals surface area (Å²) >= 11 is 0. The second-order valence-corrected chi connectivity index (χ2v) is 8.60. The van der Waals surface area contributed by atoms with Crippen molar-refractivity contribution in [2.75, 3.05) is 6.54 Å². The van der Waals surface area contributed by atoms with Gasteiger partial charge in [-0.25, -0.2) is 4.98 Å². The molecule has 2 N–H and O–H groups in total. The van der Waals surface area contributed by atoms with Crippen molar-refractivity contribution >= 4 is 16.8 Å². The van der Waals surface area contributed by atoms with Gasteiger partial charge in [0.05, 0.1) is 17.9 Å². The largest absolute Gasteiger partial charge is 0.345 e. The Bertz CT molecular complexity index is 1420. The molecule has 6 nitrogen and oxygen atoms in total. The molecule has 5 rings (SSSR count). The molecular formula is C28H27N5O. The van der Waals surface area contributed by atoms with Crippen molar-refractivity contribution in [3.63, 3.8) is 0 Å². The SMILES string of the molecule is Cc1ccc(CCN[C@@H](C(=O)c2c[nH]c3nc(-c4cnn(C)c4)ccc23)c2ccccc2)cc1. The zero-order valence-electron chi connectivity index (χ0n) is 19.3. The fourth-order valence-corrected chi connectivity index (χ4v) is 4.20. The van der Waals surface area contributed by atoms with Crippen molar-refractivity contribution in [3.8, 4) is 11.3 Å². The number of nitrogens with zero attached hydrogens (tertiary/aromatic N) is 3. The average Bonchev–Trinajstić information content (AvgIpc) is 3.49. The summed E-state index contributed by atoms with van der Waals surface area (Å²) in [6.07, 6.45) is 6.32. The maximum Gasteiger partial charge on any atom is 0.186 e. The number of carbonyl (C=O) groups excluding carboxylic acids is 1. The van der Waals surface area contributed by atoms with Crippen LogP contribution < -0.4 is 5.32 Å². The van der Waals surface area contributed by atoms with Gasteiger partial charge in [0.1, 0.15) is 5.65 Å². The highest BCUT2D eigenvalue weighted by Gasteiger charge is 2.24. The minimum atomic E-state index is -0.441. The lowest BCUT2D eigenvalue weighted by molar-refractivity contribution is 0.0945. The van der Waals surface area contributed by atoms with E-state index in [1.807, 2.05) is 55.7 Å². The number of H-pyrrole nitrogens is 1. The van der Waals surface area contributed by atoms with Crippen LogP contribution in [-0.4, -0.2) is 32.1 Å². The number of aryl methyl sites for hydroxylation is 2. The standard InChI is InChI=1S/C28H27N5O/c1-19-8-10-20(11-9-19)14-15-29-26(21-6-4-3-5-7-21)27(34)24-17-30-28-23(24)12-13-25(32-28)22-16-31-33(2)18-22/h3-13,16-18,26,29H,14-15H2,1-2H3,(H,30,32)/t26-/m1/s1. The Balaban J connectivity index is 1.40. The summed E-state index contributed by atoms with van der Waals surface area (Å²) < 4.78 is 1.75. The number of carbonyl (C=O) groups is 1. The maximum atomic E-state index is 13.7. The van der Waals surface area contributed by atoms with Gasteiger partial charge in [0.15, 0.2) is 5.78 Å². The van der Waals surface area contributed by atoms with Crippen LogP contribution in [0.25, 0.3) is 22.3 Å². The van der Waals surface area contributed by atoms with Gasteiger partial charge in [0.2, 0.25) is 0 Å². The molecule has 5 aromatic rings. The summed E-state index contributed by atoms with van der Waals surface area (Å²) in [5, 5.41) is 8.54. The van der Waals surface area contributed by atoms with E-state index in [4.69, 9.17) is 4.98 Å². The Morgan fingerprint density at radius 1 is 1.06 bits per heavy atom. The van der Waals surface area contributed by atoms with Crippen LogP contribution in [0.2, 0.25) is 0 Å². The molecule has 0 aliphatic carbocycles. The van der Waals surface area contributed by atoms with E-state index in [9.17, 15) is 4.79 Å². The number of rotatable bonds is 8. The third-order valence-corrected chi connectivity index (χ3v) is 6.08. The number of pyridine rings is 1. The van der Waals surface area contributed by atoms with E-state index in [1.165, 1.54) is 11.1 Å². The highest BCUT2D eigenvalue weighted by molar-refractivity contribution is 6.10. The second kappa shape index (κ2) is 9.45. The first-order valence-corrected chi connectivity index (χ1v) is 11.4. The highest BCUT2D eigenvalue weighted by atomic mass is 16.1. The number of hydrogen-bond donors (Lipinski definition) is 2. The summed E-state index contributed by atoms with van der Waals surface area (Å²) in [4.78, 5) is 21.7. The van der Waals surface area contributed by atoms with Crippen molar-refractivity contribution < 1.29 is 4.79 Å². The molecule has 0 aliphatic rings. The van der Waals surface area contributed by atoms with Crippen LogP contribution in [0, 0.1) is 6.92 Å². The van der Waals surface area contributed by atoms with Crippen molar-refractivity contribution in [2.24, 2.45) is 7.05 Å². The zero-order valence-corrected chi connectivity index (χ0v) is 19.3. The van der Waals surface area contributed by atoms with Crippen molar-refractivity contribution in [1.82, 2.24) is 25.1 Å². The molecule has 0 fully saturated rings. The predicted molar refractivity (Wildman–Crippen MR) is 135 cm³/mol. The van der Waals surface area contributed by atoms with Crippen molar-refractivity contribution in [3.05, 3.63) is 108 Å². The first-order valence-electron chi connectivity index (χ1n) is 11.4. The Kier molecular flexibility index (Phi) is 6.06. The highest BCUT2D eigenvalue weighted by Crippen LogP contribution is 2.26. The van der Waals surface area contributed by atoms with Gasteiger partial charge >= 0.3 is 0 Å². The molecule has 0 saturated heterocycles. The monoisotopic (exact) mass is 449 g/mol. The lowest BCUT2D eigenvalue weighted by Crippen LogP contribution is -2.30. The van der Waals surface area contributed by atoms with E-state index < -0.39 is 6.04 Å². The number of Topliss-reactive ketones (excluding diaryl/α,β-unsaturated/α-hetero) is 1. The van der Waals surface area contributed by atoms with Crippen LogP contribution in [-0.2, 0) is 13.5 Å². The van der Waals surface area contributed by atoms with Gasteiger partial charge in [-0.2, -0.15) is 5.10 Å². The fourth-order valence-electron chi connectivity index (χ4n) is 4.20. The molecule has 0 unspecified atom stereocenters. The number of benzene rings is 2. The van der Waals surface area contributed by atoms with Crippen LogP contribution in [0.3, 0.4) is 0 Å². The third-order valence-electron chi connectivity index (χ3n) is 6.08. The summed E-state index contributed by atoms with van der Waals surface area (Å²) in [5.74, 6) is 0.0253. The lowest BCUT2D eigenvalue weighted by atomic mass is 9.97. The van der Waals surface area contributed by atoms with Gasteiger partial charge in [0.25, 0.3) is 0 Å². The fraction of sp³-hybridized carbons (Fsp3) is 0.179. The van der Waals surface area contributed by atoms with Crippen molar-refractivity contribution in [2.45, 2.75) is 19.4 Å². The van der Waals surface area contributed by atoms with Gasteiger partial charge in [-0.15, -0.1) is 0 Å². The quantitative estimate of drug-likeness (QED) is 0.326. The average molecular weight is 450 g/mol. The van der Waals surface area contributed by atoms with Crippen LogP contribution in [0.15, 0.2) is 85.3 Å². The molecule has 170 valence electrons. The van der Waals surface area contributed by atoms with E-state index in [1.54, 1.807) is 17.1 Å². The molecule has 3 heterocycles. The minimum Gasteiger partial charge on any atom is -0.345 e. The number of aromatic nitrogens is 4. The summed E-state index contributed by atoms with van der Waals surface area (Å²) in [5.41, 5.74) is 6.52. The molecule has 0 radical (unpaired) electrons. The first-order chi connectivity index (χ1) is 16.6. The Morgan fingerprint density at radius 3 is 2.59 bits per heavy atom. The molecule has 6 heteroatoms. The topological polar surface area (TPSA) is 75.6 Å². The van der Waals surface area contributed by atoms with Gasteiger partial charge in [0, 0.05) is 42.5 Å². The summed E-state index contributed by atoms with van der Waals surface area (Å²) in [6.45, 7) is 2.78. The van der Waals surface area contributed by atoms with Crippen LogP contribution in [0.5, 0.6) is 0 Å². The Labute approximate surface area is 198 Å². The number of fused-ring (bicyclic) bond motifs is 1. The van der Waals surface area contributed by atoms with E-state index >= 15 is 0 Å². The minimum absolute atomic E-state index is 0.0253. The number of aromatic amines is 1. The Hall–Kier alpha value is -4.03. The molecular weight excluding hydrogens is 422 g/mol. The normalized spacial score (nSPS) is 12.2. The molecule has 0 bridgehead atoms. The number of ketones is 1. The van der Waals surface area contributed by atoms with Gasteiger partial charge in [-0.05, 0) is 36.6 Å². The molecule has 2 aromatic carbocycles. The molecule has 0 amide bonds. The third kappa shape index (κ3) is 4.54. The first kappa shape index (κ1) is 21.8. The maximum absolute atomic E-state index is 13.7. The van der Waals surface area contributed by atoms with Crippen LogP contribution in [0.4, 0.5) is 0 Å². The Morgan fingerprint density at radius 2 is 1.85 bits per heavy atom. The van der Waals surface area contributed by atoms with E-state index in [0.29, 0.717) is 17.8 Å². The molecule has 0 spiro atoms. The second-order valence-electron chi connectivity index (χ2n) is 8.60. The number of hydrogen-bond acceptors (Lipinski definition) is 4. The summed E-state index contributed by atoms with van der Waals surface area (Å²) in [6, 6.07) is 21.9. The van der Waals surface area contributed by atoms with Gasteiger partial charge < -0.3 is 10.3 Å². The summed E-state index contributed by atoms with van der Waals surface area (Å²) in [7, 11) is 1.88. The smallest absolute Gasteiger partial charge is 0.186 e. The van der Waals surface area contributed by atoms with Crippen molar-refractivity contribution in [1.29, 1.82) is 0 Å². The lowest BCUT2D eigenvalue weighted by Gasteiger charge is -2.18. The molecule has 0 saturated carbocycles. The van der Waals surface area contributed by atoms with E-state index in [2.05, 4.69) is 46.6 Å². The molecule has 34 heavy (non-hydrogen) atoms. The molecule has 1 atom stereocenters.